The zero-order valence-electron chi connectivity index (χ0n) is 9.00. The van der Waals surface area contributed by atoms with Crippen molar-refractivity contribution in [1.29, 1.82) is 0 Å². The first kappa shape index (κ1) is 12.8. The average molecular weight is 203 g/mol. The maximum absolute atomic E-state index is 11.5. The lowest BCUT2D eigenvalue weighted by atomic mass is 10.1. The van der Waals surface area contributed by atoms with Crippen molar-refractivity contribution in [2.45, 2.75) is 51.8 Å². The molecule has 1 N–H and O–H groups in total. The van der Waals surface area contributed by atoms with E-state index < -0.39 is 0 Å². The molecule has 0 aliphatic rings. The molecule has 1 atom stereocenters. The Bertz CT molecular complexity index is 155. The molecule has 0 aromatic rings. The highest BCUT2D eigenvalue weighted by atomic mass is 32.1. The smallest absolute Gasteiger partial charge is 0.233 e. The maximum Gasteiger partial charge on any atom is 0.233 e. The highest BCUT2D eigenvalue weighted by molar-refractivity contribution is 7.81. The van der Waals surface area contributed by atoms with Gasteiger partial charge in [0.2, 0.25) is 5.91 Å². The SMILES string of the molecule is CCC(CC)NC(=O)C(S)C(C)C. The van der Waals surface area contributed by atoms with Crippen LogP contribution in [0, 0.1) is 5.92 Å². The number of thiol groups is 1. The Morgan fingerprint density at radius 3 is 2.08 bits per heavy atom. The van der Waals surface area contributed by atoms with Gasteiger partial charge in [-0.05, 0) is 18.8 Å². The van der Waals surface area contributed by atoms with Crippen molar-refractivity contribution in [3.8, 4) is 0 Å². The summed E-state index contributed by atoms with van der Waals surface area (Å²) in [6, 6.07) is 0.306. The van der Waals surface area contributed by atoms with E-state index in [0.717, 1.165) is 12.8 Å². The van der Waals surface area contributed by atoms with E-state index in [-0.39, 0.29) is 17.1 Å². The summed E-state index contributed by atoms with van der Waals surface area (Å²) in [5, 5.41) is 2.80. The number of nitrogens with one attached hydrogen (secondary N) is 1. The topological polar surface area (TPSA) is 29.1 Å². The van der Waals surface area contributed by atoms with E-state index in [4.69, 9.17) is 0 Å². The molecule has 0 aromatic carbocycles. The number of hydrogen-bond donors (Lipinski definition) is 2. The number of rotatable bonds is 5. The van der Waals surface area contributed by atoms with Crippen molar-refractivity contribution >= 4 is 18.5 Å². The quantitative estimate of drug-likeness (QED) is 0.659. The van der Waals surface area contributed by atoms with Gasteiger partial charge in [-0.15, -0.1) is 0 Å². The summed E-state index contributed by atoms with van der Waals surface area (Å²) in [4.78, 5) is 11.5. The summed E-state index contributed by atoms with van der Waals surface area (Å²) in [6.45, 7) is 8.17. The first-order valence-electron chi connectivity index (χ1n) is 5.01. The second kappa shape index (κ2) is 6.30. The van der Waals surface area contributed by atoms with Gasteiger partial charge in [-0.3, -0.25) is 4.79 Å². The fraction of sp³-hybridized carbons (Fsp3) is 0.900. The first-order chi connectivity index (χ1) is 6.02. The fourth-order valence-electron chi connectivity index (χ4n) is 1.08. The molecule has 0 aliphatic heterocycles. The third kappa shape index (κ3) is 4.55. The van der Waals surface area contributed by atoms with Crippen LogP contribution >= 0.6 is 12.6 Å². The van der Waals surface area contributed by atoms with Gasteiger partial charge in [0.1, 0.15) is 0 Å². The Balaban J connectivity index is 3.98. The van der Waals surface area contributed by atoms with E-state index in [1.54, 1.807) is 0 Å². The van der Waals surface area contributed by atoms with E-state index >= 15 is 0 Å². The lowest BCUT2D eigenvalue weighted by Crippen LogP contribution is -2.40. The molecule has 3 heteroatoms. The predicted molar refractivity (Wildman–Crippen MR) is 60.1 cm³/mol. The molecule has 1 unspecified atom stereocenters. The monoisotopic (exact) mass is 203 g/mol. The molecule has 1 amide bonds. The average Bonchev–Trinajstić information content (AvgIpc) is 2.12. The molecule has 2 nitrogen and oxygen atoms in total. The maximum atomic E-state index is 11.5. The van der Waals surface area contributed by atoms with Crippen LogP contribution in [0.15, 0.2) is 0 Å². The summed E-state index contributed by atoms with van der Waals surface area (Å²) in [5.74, 6) is 0.352. The van der Waals surface area contributed by atoms with Gasteiger partial charge in [-0.2, -0.15) is 12.6 Å². The lowest BCUT2D eigenvalue weighted by molar-refractivity contribution is -0.121. The molecule has 0 radical (unpaired) electrons. The molecular formula is C10H21NOS. The standard InChI is InChI=1S/C10H21NOS/c1-5-8(6-2)11-10(12)9(13)7(3)4/h7-9,13H,5-6H2,1-4H3,(H,11,12). The molecule has 0 aliphatic carbocycles. The molecule has 0 bridgehead atoms. The van der Waals surface area contributed by atoms with Gasteiger partial charge >= 0.3 is 0 Å². The second-order valence-electron chi connectivity index (χ2n) is 3.71. The minimum atomic E-state index is -0.180. The summed E-state index contributed by atoms with van der Waals surface area (Å²) >= 11 is 4.26. The number of hydrogen-bond acceptors (Lipinski definition) is 2. The predicted octanol–water partition coefficient (Wildman–Crippen LogP) is 2.25. The molecule has 0 heterocycles. The van der Waals surface area contributed by atoms with Crippen molar-refractivity contribution in [1.82, 2.24) is 5.32 Å². The van der Waals surface area contributed by atoms with Gasteiger partial charge in [0.25, 0.3) is 0 Å². The van der Waals surface area contributed by atoms with Crippen LogP contribution < -0.4 is 5.32 Å². The van der Waals surface area contributed by atoms with Crippen LogP contribution in [0.1, 0.15) is 40.5 Å². The second-order valence-corrected chi connectivity index (χ2v) is 4.27. The van der Waals surface area contributed by atoms with Crippen LogP contribution in [-0.2, 0) is 4.79 Å². The van der Waals surface area contributed by atoms with Crippen molar-refractivity contribution in [3.05, 3.63) is 0 Å². The van der Waals surface area contributed by atoms with Gasteiger partial charge in [-0.25, -0.2) is 0 Å². The largest absolute Gasteiger partial charge is 0.352 e. The number of carbonyl (C=O) groups excluding carboxylic acids is 1. The summed E-state index contributed by atoms with van der Waals surface area (Å²) in [7, 11) is 0. The van der Waals surface area contributed by atoms with Crippen LogP contribution in [0.2, 0.25) is 0 Å². The minimum Gasteiger partial charge on any atom is -0.352 e. The Morgan fingerprint density at radius 2 is 1.77 bits per heavy atom. The van der Waals surface area contributed by atoms with Crippen molar-refractivity contribution < 1.29 is 4.79 Å². The molecule has 0 rings (SSSR count). The number of amides is 1. The van der Waals surface area contributed by atoms with Gasteiger partial charge < -0.3 is 5.32 Å². The van der Waals surface area contributed by atoms with Crippen LogP contribution in [0.5, 0.6) is 0 Å². The normalized spacial score (nSPS) is 13.5. The van der Waals surface area contributed by atoms with E-state index in [9.17, 15) is 4.79 Å². The molecule has 0 saturated heterocycles. The number of carbonyl (C=O) groups is 1. The zero-order chi connectivity index (χ0) is 10.4. The van der Waals surface area contributed by atoms with Crippen LogP contribution in [0.3, 0.4) is 0 Å². The van der Waals surface area contributed by atoms with Crippen LogP contribution in [0.25, 0.3) is 0 Å². The minimum absolute atomic E-state index is 0.0621. The van der Waals surface area contributed by atoms with Gasteiger partial charge in [-0.1, -0.05) is 27.7 Å². The zero-order valence-corrected chi connectivity index (χ0v) is 9.90. The highest BCUT2D eigenvalue weighted by Gasteiger charge is 2.19. The molecule has 13 heavy (non-hydrogen) atoms. The molecule has 0 aromatic heterocycles. The molecular weight excluding hydrogens is 182 g/mol. The molecule has 0 saturated carbocycles. The Morgan fingerprint density at radius 1 is 1.31 bits per heavy atom. The van der Waals surface area contributed by atoms with Crippen molar-refractivity contribution in [2.75, 3.05) is 0 Å². The van der Waals surface area contributed by atoms with Crippen molar-refractivity contribution in [3.63, 3.8) is 0 Å². The Labute approximate surface area is 86.9 Å². The van der Waals surface area contributed by atoms with Crippen LogP contribution in [0.4, 0.5) is 0 Å². The molecule has 78 valence electrons. The summed E-state index contributed by atoms with van der Waals surface area (Å²) < 4.78 is 0. The van der Waals surface area contributed by atoms with Crippen molar-refractivity contribution in [2.24, 2.45) is 5.92 Å². The van der Waals surface area contributed by atoms with E-state index in [1.165, 1.54) is 0 Å². The molecule has 0 fully saturated rings. The van der Waals surface area contributed by atoms with Crippen LogP contribution in [-0.4, -0.2) is 17.2 Å². The first-order valence-corrected chi connectivity index (χ1v) is 5.52. The fourth-order valence-corrected chi connectivity index (χ4v) is 1.16. The van der Waals surface area contributed by atoms with E-state index in [2.05, 4.69) is 31.8 Å². The van der Waals surface area contributed by atoms with Gasteiger partial charge in [0, 0.05) is 6.04 Å². The lowest BCUT2D eigenvalue weighted by Gasteiger charge is -2.19. The highest BCUT2D eigenvalue weighted by Crippen LogP contribution is 2.09. The summed E-state index contributed by atoms with van der Waals surface area (Å²) in [5.41, 5.74) is 0. The third-order valence-electron chi connectivity index (χ3n) is 2.23. The van der Waals surface area contributed by atoms with Gasteiger partial charge in [0.15, 0.2) is 0 Å². The van der Waals surface area contributed by atoms with E-state index in [1.807, 2.05) is 13.8 Å². The van der Waals surface area contributed by atoms with E-state index in [0.29, 0.717) is 6.04 Å². The molecule has 0 spiro atoms. The third-order valence-corrected chi connectivity index (χ3v) is 3.06. The Hall–Kier alpha value is -0.180. The Kier molecular flexibility index (Phi) is 6.21. The van der Waals surface area contributed by atoms with Gasteiger partial charge in [0.05, 0.1) is 5.25 Å². The summed E-state index contributed by atoms with van der Waals surface area (Å²) in [6.07, 6.45) is 1.97.